The maximum atomic E-state index is 13.1. The Morgan fingerprint density at radius 3 is 2.72 bits per heavy atom. The van der Waals surface area contributed by atoms with Crippen LogP contribution in [0.4, 0.5) is 5.82 Å². The van der Waals surface area contributed by atoms with Gasteiger partial charge >= 0.3 is 0 Å². The molecule has 0 saturated carbocycles. The minimum atomic E-state index is -0.333. The van der Waals surface area contributed by atoms with E-state index in [0.29, 0.717) is 36.2 Å². The van der Waals surface area contributed by atoms with Crippen molar-refractivity contribution in [2.24, 2.45) is 0 Å². The number of benzene rings is 1. The molecule has 0 saturated heterocycles. The molecule has 4 heterocycles. The number of hydrogen-bond donors (Lipinski definition) is 1. The molecule has 9 heteroatoms. The van der Waals surface area contributed by atoms with Crippen LogP contribution in [-0.4, -0.2) is 41.8 Å². The van der Waals surface area contributed by atoms with Crippen molar-refractivity contribution in [2.45, 2.75) is 33.4 Å². The van der Waals surface area contributed by atoms with Crippen molar-refractivity contribution in [3.8, 4) is 17.3 Å². The second kappa shape index (κ2) is 9.99. The van der Waals surface area contributed by atoms with Gasteiger partial charge in [-0.25, -0.2) is 4.98 Å². The van der Waals surface area contributed by atoms with Gasteiger partial charge in [-0.1, -0.05) is 18.2 Å². The molecular formula is C27H27N7O2. The minimum absolute atomic E-state index is 0.185. The van der Waals surface area contributed by atoms with E-state index in [0.717, 1.165) is 22.2 Å². The van der Waals surface area contributed by atoms with E-state index in [1.54, 1.807) is 24.7 Å². The van der Waals surface area contributed by atoms with Crippen molar-refractivity contribution >= 4 is 22.6 Å². The summed E-state index contributed by atoms with van der Waals surface area (Å²) in [6, 6.07) is 17.4. The first-order valence-corrected chi connectivity index (χ1v) is 11.9. The third-order valence-corrected chi connectivity index (χ3v) is 5.82. The van der Waals surface area contributed by atoms with Crippen molar-refractivity contribution in [1.82, 2.24) is 29.3 Å². The summed E-state index contributed by atoms with van der Waals surface area (Å²) in [6.45, 7) is 7.37. The number of carbonyl (C=O) groups is 1. The number of nitrogens with zero attached hydrogens (tertiary/aromatic N) is 6. The highest BCUT2D eigenvalue weighted by molar-refractivity contribution is 6.04. The highest BCUT2D eigenvalue weighted by Crippen LogP contribution is 2.22. The molecule has 0 atom stereocenters. The first-order valence-electron chi connectivity index (χ1n) is 11.9. The van der Waals surface area contributed by atoms with Crippen molar-refractivity contribution in [1.29, 1.82) is 0 Å². The van der Waals surface area contributed by atoms with E-state index < -0.39 is 0 Å². The lowest BCUT2D eigenvalue weighted by molar-refractivity contribution is 0.102. The molecule has 1 N–H and O–H groups in total. The molecule has 0 spiro atoms. The molecule has 4 aromatic heterocycles. The number of ether oxygens (including phenoxy) is 1. The van der Waals surface area contributed by atoms with Gasteiger partial charge in [0.1, 0.15) is 29.3 Å². The van der Waals surface area contributed by atoms with E-state index in [-0.39, 0.29) is 11.9 Å². The molecule has 1 aromatic carbocycles. The van der Waals surface area contributed by atoms with Gasteiger partial charge in [0.15, 0.2) is 5.82 Å². The largest absolute Gasteiger partial charge is 0.494 e. The second-order valence-corrected chi connectivity index (χ2v) is 8.67. The fraction of sp³-hybridized carbons (Fsp3) is 0.222. The highest BCUT2D eigenvalue weighted by atomic mass is 16.5. The number of anilines is 1. The van der Waals surface area contributed by atoms with Gasteiger partial charge in [0.05, 0.1) is 12.1 Å². The zero-order valence-electron chi connectivity index (χ0n) is 20.4. The topological polar surface area (TPSA) is 99.8 Å². The SMILES string of the molecule is CCOc1ccc(Cn2ccc3cnc(C(=O)Nc4cccc(-c5nncn5C(C)C)n4)cc32)cc1. The summed E-state index contributed by atoms with van der Waals surface area (Å²) in [5.74, 6) is 1.58. The predicted molar refractivity (Wildman–Crippen MR) is 138 cm³/mol. The normalized spacial score (nSPS) is 11.2. The molecular weight excluding hydrogens is 454 g/mol. The van der Waals surface area contributed by atoms with Crippen LogP contribution >= 0.6 is 0 Å². The molecule has 5 aromatic rings. The minimum Gasteiger partial charge on any atom is -0.494 e. The Labute approximate surface area is 208 Å². The summed E-state index contributed by atoms with van der Waals surface area (Å²) in [5.41, 5.74) is 3.00. The first kappa shape index (κ1) is 23.2. The standard InChI is InChI=1S/C27H27N7O2/c1-4-36-21-10-8-19(9-11-21)16-33-13-12-20-15-28-23(14-24(20)33)27(35)31-25-7-5-6-22(30-25)26-32-29-17-34(26)18(2)3/h5-15,17-18H,4,16H2,1-3H3,(H,30,31,35). The van der Waals surface area contributed by atoms with Crippen LogP contribution in [0.3, 0.4) is 0 Å². The number of fused-ring (bicyclic) bond motifs is 1. The number of hydrogen-bond acceptors (Lipinski definition) is 6. The van der Waals surface area contributed by atoms with Gasteiger partial charge in [-0.05, 0) is 62.7 Å². The third-order valence-electron chi connectivity index (χ3n) is 5.82. The zero-order valence-corrected chi connectivity index (χ0v) is 20.4. The van der Waals surface area contributed by atoms with Crippen LogP contribution in [0.15, 0.2) is 73.3 Å². The first-order chi connectivity index (χ1) is 17.5. The Morgan fingerprint density at radius 2 is 1.94 bits per heavy atom. The average molecular weight is 482 g/mol. The molecule has 1 amide bonds. The van der Waals surface area contributed by atoms with Crippen LogP contribution < -0.4 is 10.1 Å². The van der Waals surface area contributed by atoms with Crippen molar-refractivity contribution in [3.05, 3.63) is 84.6 Å². The lowest BCUT2D eigenvalue weighted by Crippen LogP contribution is -2.15. The molecule has 0 fully saturated rings. The number of nitrogens with one attached hydrogen (secondary N) is 1. The Morgan fingerprint density at radius 1 is 1.11 bits per heavy atom. The van der Waals surface area contributed by atoms with Gasteiger partial charge in [0.2, 0.25) is 0 Å². The highest BCUT2D eigenvalue weighted by Gasteiger charge is 2.15. The number of aromatic nitrogens is 6. The van der Waals surface area contributed by atoms with Crippen LogP contribution in [0.25, 0.3) is 22.4 Å². The molecule has 0 aliphatic rings. The third kappa shape index (κ3) is 4.81. The maximum absolute atomic E-state index is 13.1. The molecule has 0 aliphatic carbocycles. The van der Waals surface area contributed by atoms with E-state index in [1.165, 1.54) is 0 Å². The van der Waals surface area contributed by atoms with Gasteiger partial charge in [-0.3, -0.25) is 9.78 Å². The molecule has 0 unspecified atom stereocenters. The predicted octanol–water partition coefficient (Wildman–Crippen LogP) is 4.97. The summed E-state index contributed by atoms with van der Waals surface area (Å²) >= 11 is 0. The van der Waals surface area contributed by atoms with E-state index in [1.807, 2.05) is 74.0 Å². The Kier molecular flexibility index (Phi) is 6.44. The van der Waals surface area contributed by atoms with Crippen molar-refractivity contribution < 1.29 is 9.53 Å². The lowest BCUT2D eigenvalue weighted by atomic mass is 10.2. The maximum Gasteiger partial charge on any atom is 0.275 e. The van der Waals surface area contributed by atoms with Crippen LogP contribution in [0.1, 0.15) is 42.9 Å². The Balaban J connectivity index is 1.36. The summed E-state index contributed by atoms with van der Waals surface area (Å²) in [6.07, 6.45) is 5.39. The monoisotopic (exact) mass is 481 g/mol. The lowest BCUT2D eigenvalue weighted by Gasteiger charge is -2.11. The summed E-state index contributed by atoms with van der Waals surface area (Å²) in [5, 5.41) is 12.0. The van der Waals surface area contributed by atoms with Crippen LogP contribution in [-0.2, 0) is 6.54 Å². The average Bonchev–Trinajstić information content (AvgIpc) is 3.53. The molecule has 9 nitrogen and oxygen atoms in total. The van der Waals surface area contributed by atoms with Gasteiger partial charge in [-0.15, -0.1) is 10.2 Å². The van der Waals surface area contributed by atoms with Crippen LogP contribution in [0.5, 0.6) is 5.75 Å². The van der Waals surface area contributed by atoms with Gasteiger partial charge < -0.3 is 19.2 Å². The van der Waals surface area contributed by atoms with Gasteiger partial charge in [-0.2, -0.15) is 0 Å². The van der Waals surface area contributed by atoms with E-state index in [4.69, 9.17) is 4.74 Å². The molecule has 0 aliphatic heterocycles. The second-order valence-electron chi connectivity index (χ2n) is 8.67. The molecule has 0 bridgehead atoms. The number of pyridine rings is 2. The fourth-order valence-electron chi connectivity index (χ4n) is 4.01. The number of amides is 1. The Hall–Kier alpha value is -4.53. The zero-order chi connectivity index (χ0) is 25.1. The summed E-state index contributed by atoms with van der Waals surface area (Å²) in [4.78, 5) is 22.0. The smallest absolute Gasteiger partial charge is 0.275 e. The molecule has 36 heavy (non-hydrogen) atoms. The molecule has 0 radical (unpaired) electrons. The van der Waals surface area contributed by atoms with Gasteiger partial charge in [0.25, 0.3) is 5.91 Å². The molecule has 182 valence electrons. The van der Waals surface area contributed by atoms with Crippen LogP contribution in [0, 0.1) is 0 Å². The van der Waals surface area contributed by atoms with E-state index in [9.17, 15) is 4.79 Å². The fourth-order valence-corrected chi connectivity index (χ4v) is 4.01. The summed E-state index contributed by atoms with van der Waals surface area (Å²) in [7, 11) is 0. The van der Waals surface area contributed by atoms with E-state index >= 15 is 0 Å². The Bertz CT molecular complexity index is 1500. The van der Waals surface area contributed by atoms with E-state index in [2.05, 4.69) is 30.0 Å². The van der Waals surface area contributed by atoms with Gasteiger partial charge in [0, 0.05) is 30.4 Å². The van der Waals surface area contributed by atoms with Crippen LogP contribution in [0.2, 0.25) is 0 Å². The molecule has 5 rings (SSSR count). The summed E-state index contributed by atoms with van der Waals surface area (Å²) < 4.78 is 9.56. The van der Waals surface area contributed by atoms with Crippen molar-refractivity contribution in [3.63, 3.8) is 0 Å². The number of rotatable bonds is 8. The number of carbonyl (C=O) groups excluding carboxylic acids is 1. The quantitative estimate of drug-likeness (QED) is 0.336. The van der Waals surface area contributed by atoms with Crippen molar-refractivity contribution in [2.75, 3.05) is 11.9 Å².